The summed E-state index contributed by atoms with van der Waals surface area (Å²) in [7, 11) is 1.80. The van der Waals surface area contributed by atoms with Gasteiger partial charge in [-0.15, -0.1) is 0 Å². The van der Waals surface area contributed by atoms with Gasteiger partial charge in [0.05, 0.1) is 6.10 Å². The maximum Gasteiger partial charge on any atom is 0.165 e. The van der Waals surface area contributed by atoms with Crippen molar-refractivity contribution in [2.75, 3.05) is 13.6 Å². The minimum atomic E-state index is -0.665. The maximum absolute atomic E-state index is 10.4. The van der Waals surface area contributed by atoms with Crippen molar-refractivity contribution in [3.05, 3.63) is 16.7 Å². The van der Waals surface area contributed by atoms with Crippen LogP contribution in [0.2, 0.25) is 0 Å². The lowest BCUT2D eigenvalue weighted by Crippen LogP contribution is -2.19. The van der Waals surface area contributed by atoms with Crippen LogP contribution < -0.4 is 14.8 Å². The second-order valence-electron chi connectivity index (χ2n) is 5.72. The number of hydrogen-bond donors (Lipinski definition) is 3. The lowest BCUT2D eigenvalue weighted by Gasteiger charge is -2.19. The number of ether oxygens (including phenoxy) is 2. The number of phenolic OH excluding ortho intramolecular Hbond substituents is 1. The Hall–Kier alpha value is -1.46. The molecule has 5 nitrogen and oxygen atoms in total. The van der Waals surface area contributed by atoms with Gasteiger partial charge in [0.2, 0.25) is 0 Å². The molecule has 0 spiro atoms. The van der Waals surface area contributed by atoms with Crippen LogP contribution in [0.5, 0.6) is 17.2 Å². The van der Waals surface area contributed by atoms with Crippen molar-refractivity contribution < 1.29 is 19.7 Å². The highest BCUT2D eigenvalue weighted by atomic mass is 16.5. The summed E-state index contributed by atoms with van der Waals surface area (Å²) in [4.78, 5) is 0. The predicted molar refractivity (Wildman–Crippen MR) is 74.6 cm³/mol. The Morgan fingerprint density at radius 3 is 2.40 bits per heavy atom. The topological polar surface area (TPSA) is 71.0 Å². The van der Waals surface area contributed by atoms with Gasteiger partial charge in [-0.25, -0.2) is 0 Å². The highest BCUT2D eigenvalue weighted by Gasteiger charge is 2.37. The molecule has 1 aromatic carbocycles. The van der Waals surface area contributed by atoms with Crippen molar-refractivity contribution in [2.24, 2.45) is 0 Å². The molecule has 3 rings (SSSR count). The zero-order chi connectivity index (χ0) is 14.4. The number of hydrogen-bond acceptors (Lipinski definition) is 5. The molecule has 5 heteroatoms. The molecule has 110 valence electrons. The molecule has 2 aliphatic rings. The average molecular weight is 279 g/mol. The number of aromatic hydroxyl groups is 1. The summed E-state index contributed by atoms with van der Waals surface area (Å²) in [5.41, 5.74) is 2.41. The molecule has 0 radical (unpaired) electrons. The van der Waals surface area contributed by atoms with E-state index in [1.54, 1.807) is 7.05 Å². The van der Waals surface area contributed by atoms with Crippen LogP contribution in [-0.4, -0.2) is 36.0 Å². The third-order valence-corrected chi connectivity index (χ3v) is 3.97. The Kier molecular flexibility index (Phi) is 3.26. The molecule has 2 aliphatic heterocycles. The molecule has 0 aromatic heterocycles. The van der Waals surface area contributed by atoms with E-state index in [2.05, 4.69) is 5.32 Å². The SMILES string of the molecule is CNCC(O)c1c2c(c(O)c3c1OC(C)C3)OC(C)C2. The minimum absolute atomic E-state index is 0.0105. The molecule has 0 aliphatic carbocycles. The number of benzene rings is 1. The molecule has 0 saturated carbocycles. The molecule has 0 saturated heterocycles. The van der Waals surface area contributed by atoms with Crippen molar-refractivity contribution in [1.82, 2.24) is 5.32 Å². The Morgan fingerprint density at radius 2 is 1.75 bits per heavy atom. The fourth-order valence-electron chi connectivity index (χ4n) is 3.17. The van der Waals surface area contributed by atoms with Gasteiger partial charge in [-0.1, -0.05) is 0 Å². The zero-order valence-electron chi connectivity index (χ0n) is 12.1. The Morgan fingerprint density at radius 1 is 1.15 bits per heavy atom. The zero-order valence-corrected chi connectivity index (χ0v) is 12.1. The van der Waals surface area contributed by atoms with Gasteiger partial charge in [-0.2, -0.15) is 0 Å². The van der Waals surface area contributed by atoms with Gasteiger partial charge in [0.25, 0.3) is 0 Å². The summed E-state index contributed by atoms with van der Waals surface area (Å²) in [5, 5.41) is 23.8. The lowest BCUT2D eigenvalue weighted by atomic mass is 9.93. The van der Waals surface area contributed by atoms with Gasteiger partial charge in [-0.3, -0.25) is 0 Å². The standard InChI is InChI=1S/C15H21NO4/c1-7-4-9-12(11(17)6-16-3)14-10(5-8(2)19-14)13(18)15(9)20-7/h7-8,11,16-18H,4-6H2,1-3H3. The van der Waals surface area contributed by atoms with E-state index in [1.165, 1.54) is 0 Å². The van der Waals surface area contributed by atoms with Crippen molar-refractivity contribution in [3.63, 3.8) is 0 Å². The number of phenols is 1. The van der Waals surface area contributed by atoms with Gasteiger partial charge in [0, 0.05) is 36.1 Å². The molecule has 0 amide bonds. The summed E-state index contributed by atoms with van der Waals surface area (Å²) in [6.07, 6.45) is 0.685. The smallest absolute Gasteiger partial charge is 0.165 e. The molecular weight excluding hydrogens is 258 g/mol. The first-order chi connectivity index (χ1) is 9.52. The normalized spacial score (nSPS) is 24.8. The van der Waals surface area contributed by atoms with Crippen LogP contribution in [0.4, 0.5) is 0 Å². The Bertz CT molecular complexity index is 504. The van der Waals surface area contributed by atoms with Crippen molar-refractivity contribution in [2.45, 2.75) is 45.0 Å². The number of rotatable bonds is 3. The first kappa shape index (κ1) is 13.5. The molecule has 3 N–H and O–H groups in total. The second-order valence-corrected chi connectivity index (χ2v) is 5.72. The van der Waals surface area contributed by atoms with E-state index in [0.717, 1.165) is 16.7 Å². The van der Waals surface area contributed by atoms with Crippen LogP contribution in [0.1, 0.15) is 36.6 Å². The van der Waals surface area contributed by atoms with Crippen LogP contribution >= 0.6 is 0 Å². The van der Waals surface area contributed by atoms with Gasteiger partial charge < -0.3 is 25.0 Å². The molecule has 1 aromatic rings. The van der Waals surface area contributed by atoms with E-state index in [4.69, 9.17) is 9.47 Å². The lowest BCUT2D eigenvalue weighted by molar-refractivity contribution is 0.167. The van der Waals surface area contributed by atoms with Crippen molar-refractivity contribution in [3.8, 4) is 17.2 Å². The third-order valence-electron chi connectivity index (χ3n) is 3.97. The Balaban J connectivity index is 2.17. The van der Waals surface area contributed by atoms with E-state index >= 15 is 0 Å². The first-order valence-electron chi connectivity index (χ1n) is 7.09. The van der Waals surface area contributed by atoms with Gasteiger partial charge in [0.15, 0.2) is 11.5 Å². The summed E-state index contributed by atoms with van der Waals surface area (Å²) in [6.45, 7) is 4.36. The van der Waals surface area contributed by atoms with Crippen LogP contribution in [-0.2, 0) is 12.8 Å². The second kappa shape index (κ2) is 4.82. The average Bonchev–Trinajstić information content (AvgIpc) is 2.93. The largest absolute Gasteiger partial charge is 0.504 e. The van der Waals surface area contributed by atoms with Crippen molar-refractivity contribution >= 4 is 0 Å². The number of aliphatic hydroxyl groups excluding tert-OH is 1. The molecule has 0 bridgehead atoms. The number of nitrogens with one attached hydrogen (secondary N) is 1. The van der Waals surface area contributed by atoms with Gasteiger partial charge in [-0.05, 0) is 20.9 Å². The van der Waals surface area contributed by atoms with Crippen molar-refractivity contribution in [1.29, 1.82) is 0 Å². The van der Waals surface area contributed by atoms with E-state index < -0.39 is 6.10 Å². The maximum atomic E-state index is 10.4. The van der Waals surface area contributed by atoms with E-state index in [1.807, 2.05) is 13.8 Å². The highest BCUT2D eigenvalue weighted by molar-refractivity contribution is 5.66. The summed E-state index contributed by atoms with van der Waals surface area (Å²) < 4.78 is 11.6. The van der Waals surface area contributed by atoms with Crippen LogP contribution in [0.3, 0.4) is 0 Å². The van der Waals surface area contributed by atoms with E-state index in [9.17, 15) is 10.2 Å². The van der Waals surface area contributed by atoms with Crippen LogP contribution in [0.15, 0.2) is 0 Å². The monoisotopic (exact) mass is 279 g/mol. The third kappa shape index (κ3) is 1.93. The molecule has 3 unspecified atom stereocenters. The summed E-state index contributed by atoms with van der Waals surface area (Å²) in [5.74, 6) is 1.36. The summed E-state index contributed by atoms with van der Waals surface area (Å²) in [6, 6.07) is 0. The summed E-state index contributed by atoms with van der Waals surface area (Å²) >= 11 is 0. The highest BCUT2D eigenvalue weighted by Crippen LogP contribution is 2.52. The molecule has 20 heavy (non-hydrogen) atoms. The van der Waals surface area contributed by atoms with Crippen LogP contribution in [0, 0.1) is 0 Å². The number of aliphatic hydroxyl groups is 1. The van der Waals surface area contributed by atoms with Gasteiger partial charge in [0.1, 0.15) is 18.0 Å². The first-order valence-corrected chi connectivity index (χ1v) is 7.09. The molecule has 0 fully saturated rings. The fourth-order valence-corrected chi connectivity index (χ4v) is 3.17. The number of likely N-dealkylation sites (N-methyl/N-ethyl adjacent to an activating group) is 1. The predicted octanol–water partition coefficient (Wildman–Crippen LogP) is 1.29. The van der Waals surface area contributed by atoms with Gasteiger partial charge >= 0.3 is 0 Å². The van der Waals surface area contributed by atoms with E-state index in [0.29, 0.717) is 30.9 Å². The quantitative estimate of drug-likeness (QED) is 0.778. The van der Waals surface area contributed by atoms with Crippen LogP contribution in [0.25, 0.3) is 0 Å². The Labute approximate surface area is 118 Å². The van der Waals surface area contributed by atoms with E-state index in [-0.39, 0.29) is 18.0 Å². The number of fused-ring (bicyclic) bond motifs is 2. The fraction of sp³-hybridized carbons (Fsp3) is 0.600. The molecular formula is C15H21NO4. The molecule has 2 heterocycles. The molecule has 3 atom stereocenters. The minimum Gasteiger partial charge on any atom is -0.504 e.